The summed E-state index contributed by atoms with van der Waals surface area (Å²) in [5, 5.41) is 3.26. The van der Waals surface area contributed by atoms with E-state index >= 15 is 0 Å². The molecule has 2 atom stereocenters. The van der Waals surface area contributed by atoms with E-state index in [0.717, 1.165) is 38.0 Å². The zero-order valence-electron chi connectivity index (χ0n) is 16.9. The molecule has 2 aliphatic rings. The van der Waals surface area contributed by atoms with Crippen LogP contribution in [0.3, 0.4) is 0 Å². The van der Waals surface area contributed by atoms with Crippen molar-refractivity contribution in [3.8, 4) is 0 Å². The smallest absolute Gasteiger partial charge is 0.270 e. The fourth-order valence-corrected chi connectivity index (χ4v) is 4.10. The Morgan fingerprint density at radius 3 is 2.61 bits per heavy atom. The Morgan fingerprint density at radius 1 is 1.21 bits per heavy atom. The van der Waals surface area contributed by atoms with Crippen molar-refractivity contribution in [2.45, 2.75) is 57.8 Å². The first-order valence-electron chi connectivity index (χ1n) is 10.2. The van der Waals surface area contributed by atoms with Gasteiger partial charge in [-0.25, -0.2) is 0 Å². The number of ether oxygens (including phenoxy) is 1. The maximum absolute atomic E-state index is 12.9. The molecule has 1 saturated carbocycles. The van der Waals surface area contributed by atoms with Crippen LogP contribution in [0.4, 0.5) is 5.69 Å². The van der Waals surface area contributed by atoms with Crippen LogP contribution >= 0.6 is 0 Å². The molecule has 28 heavy (non-hydrogen) atoms. The van der Waals surface area contributed by atoms with Crippen molar-refractivity contribution in [1.29, 1.82) is 0 Å². The lowest BCUT2D eigenvalue weighted by atomic mass is 9.99. The second kappa shape index (κ2) is 7.55. The number of pyridine rings is 1. The van der Waals surface area contributed by atoms with Crippen molar-refractivity contribution >= 4 is 11.6 Å². The summed E-state index contributed by atoms with van der Waals surface area (Å²) in [4.78, 5) is 19.5. The molecule has 1 N–H and O–H groups in total. The molecule has 1 amide bonds. The number of benzene rings is 1. The molecule has 2 fully saturated rings. The van der Waals surface area contributed by atoms with E-state index in [4.69, 9.17) is 4.74 Å². The van der Waals surface area contributed by atoms with Gasteiger partial charge in [0.2, 0.25) is 0 Å². The van der Waals surface area contributed by atoms with Gasteiger partial charge in [-0.2, -0.15) is 0 Å². The number of morpholine rings is 1. The quantitative estimate of drug-likeness (QED) is 0.864. The lowest BCUT2D eigenvalue weighted by molar-refractivity contribution is -0.00522. The second-order valence-electron chi connectivity index (χ2n) is 8.40. The van der Waals surface area contributed by atoms with Crippen LogP contribution in [0.25, 0.3) is 0 Å². The average Bonchev–Trinajstić information content (AvgIpc) is 3.42. The standard InChI is InChI=1S/C23H29N3O2/c1-16-6-4-5-7-19(16)13-23(9-10-23)25-22(27)21-12-20(8-11-24-21)26-14-17(2)28-18(3)15-26/h4-8,11-12,17-18H,9-10,13-15H2,1-3H3,(H,25,27)/t17-,18+. The third kappa shape index (κ3) is 4.20. The van der Waals surface area contributed by atoms with E-state index in [1.165, 1.54) is 11.1 Å². The molecule has 0 bridgehead atoms. The molecule has 1 aliphatic carbocycles. The van der Waals surface area contributed by atoms with Crippen LogP contribution in [0.15, 0.2) is 42.6 Å². The van der Waals surface area contributed by atoms with Crippen LogP contribution in [-0.2, 0) is 11.2 Å². The number of nitrogens with one attached hydrogen (secondary N) is 1. The molecule has 148 valence electrons. The van der Waals surface area contributed by atoms with E-state index in [9.17, 15) is 4.79 Å². The highest BCUT2D eigenvalue weighted by Gasteiger charge is 2.44. The second-order valence-corrected chi connectivity index (χ2v) is 8.40. The highest BCUT2D eigenvalue weighted by atomic mass is 16.5. The molecular weight excluding hydrogens is 350 g/mol. The van der Waals surface area contributed by atoms with Crippen molar-refractivity contribution in [3.05, 3.63) is 59.4 Å². The number of aryl methyl sites for hydroxylation is 1. The molecule has 5 nitrogen and oxygen atoms in total. The maximum Gasteiger partial charge on any atom is 0.270 e. The molecule has 2 aromatic rings. The van der Waals surface area contributed by atoms with E-state index < -0.39 is 0 Å². The summed E-state index contributed by atoms with van der Waals surface area (Å²) in [7, 11) is 0. The van der Waals surface area contributed by atoms with Crippen molar-refractivity contribution in [2.24, 2.45) is 0 Å². The summed E-state index contributed by atoms with van der Waals surface area (Å²) in [6, 6.07) is 12.3. The Hall–Kier alpha value is -2.40. The fourth-order valence-electron chi connectivity index (χ4n) is 4.10. The highest BCUT2D eigenvalue weighted by molar-refractivity contribution is 5.94. The van der Waals surface area contributed by atoms with Crippen LogP contribution < -0.4 is 10.2 Å². The first-order valence-corrected chi connectivity index (χ1v) is 10.2. The number of carbonyl (C=O) groups is 1. The average molecular weight is 380 g/mol. The summed E-state index contributed by atoms with van der Waals surface area (Å²) in [5.41, 5.74) is 3.98. The zero-order valence-corrected chi connectivity index (χ0v) is 16.9. The van der Waals surface area contributed by atoms with E-state index in [-0.39, 0.29) is 23.7 Å². The Morgan fingerprint density at radius 2 is 1.93 bits per heavy atom. The predicted molar refractivity (Wildman–Crippen MR) is 111 cm³/mol. The van der Waals surface area contributed by atoms with Gasteiger partial charge in [0.1, 0.15) is 5.69 Å². The van der Waals surface area contributed by atoms with Crippen molar-refractivity contribution < 1.29 is 9.53 Å². The third-order valence-corrected chi connectivity index (χ3v) is 5.78. The summed E-state index contributed by atoms with van der Waals surface area (Å²) < 4.78 is 5.82. The number of hydrogen-bond donors (Lipinski definition) is 1. The van der Waals surface area contributed by atoms with Gasteiger partial charge in [0.25, 0.3) is 5.91 Å². The van der Waals surface area contributed by atoms with Crippen molar-refractivity contribution in [2.75, 3.05) is 18.0 Å². The highest BCUT2D eigenvalue weighted by Crippen LogP contribution is 2.39. The van der Waals surface area contributed by atoms with Crippen molar-refractivity contribution in [1.82, 2.24) is 10.3 Å². The number of amides is 1. The molecule has 0 radical (unpaired) electrons. The minimum atomic E-state index is -0.122. The SMILES string of the molecule is Cc1ccccc1CC1(NC(=O)c2cc(N3C[C@@H](C)O[C@@H](C)C3)ccn2)CC1. The molecule has 0 unspecified atom stereocenters. The van der Waals surface area contributed by atoms with E-state index in [0.29, 0.717) is 5.69 Å². The largest absolute Gasteiger partial charge is 0.372 e. The summed E-state index contributed by atoms with van der Waals surface area (Å²) in [6.45, 7) is 7.95. The third-order valence-electron chi connectivity index (χ3n) is 5.78. The number of hydrogen-bond acceptors (Lipinski definition) is 4. The number of carbonyl (C=O) groups excluding carboxylic acids is 1. The number of rotatable bonds is 5. The van der Waals surface area contributed by atoms with Gasteiger partial charge in [-0.05, 0) is 63.3 Å². The van der Waals surface area contributed by atoms with Crippen LogP contribution in [0.2, 0.25) is 0 Å². The van der Waals surface area contributed by atoms with Gasteiger partial charge in [0.15, 0.2) is 0 Å². The van der Waals surface area contributed by atoms with Gasteiger partial charge >= 0.3 is 0 Å². The molecule has 0 spiro atoms. The maximum atomic E-state index is 12.9. The Labute approximate surface area is 167 Å². The topological polar surface area (TPSA) is 54.5 Å². The number of nitrogens with zero attached hydrogens (tertiary/aromatic N) is 2. The van der Waals surface area contributed by atoms with Crippen LogP contribution in [0.1, 0.15) is 48.3 Å². The van der Waals surface area contributed by atoms with E-state index in [1.54, 1.807) is 6.20 Å². The van der Waals surface area contributed by atoms with Gasteiger partial charge in [0.05, 0.1) is 12.2 Å². The summed E-state index contributed by atoms with van der Waals surface area (Å²) >= 11 is 0. The minimum absolute atomic E-state index is 0.0812. The fraction of sp³-hybridized carbons (Fsp3) is 0.478. The lowest BCUT2D eigenvalue weighted by Crippen LogP contribution is -2.45. The van der Waals surface area contributed by atoms with Gasteiger partial charge in [-0.15, -0.1) is 0 Å². The van der Waals surface area contributed by atoms with Crippen LogP contribution in [0, 0.1) is 6.92 Å². The molecule has 1 saturated heterocycles. The molecule has 4 rings (SSSR count). The summed E-state index contributed by atoms with van der Waals surface area (Å²) in [6.07, 6.45) is 5.01. The molecule has 1 aromatic carbocycles. The molecule has 2 heterocycles. The Kier molecular flexibility index (Phi) is 5.11. The van der Waals surface area contributed by atoms with Crippen LogP contribution in [0.5, 0.6) is 0 Å². The number of anilines is 1. The van der Waals surface area contributed by atoms with E-state index in [1.807, 2.05) is 12.1 Å². The Balaban J connectivity index is 1.46. The van der Waals surface area contributed by atoms with Gasteiger partial charge in [-0.1, -0.05) is 24.3 Å². The Bertz CT molecular complexity index is 852. The molecule has 5 heteroatoms. The predicted octanol–water partition coefficient (Wildman–Crippen LogP) is 3.51. The minimum Gasteiger partial charge on any atom is -0.372 e. The molecule has 1 aromatic heterocycles. The van der Waals surface area contributed by atoms with E-state index in [2.05, 4.69) is 60.2 Å². The number of aromatic nitrogens is 1. The lowest BCUT2D eigenvalue weighted by Gasteiger charge is -2.36. The van der Waals surface area contributed by atoms with Crippen molar-refractivity contribution in [3.63, 3.8) is 0 Å². The van der Waals surface area contributed by atoms with Crippen LogP contribution in [-0.4, -0.2) is 41.7 Å². The monoisotopic (exact) mass is 379 g/mol. The first kappa shape index (κ1) is 18.9. The normalized spacial score (nSPS) is 23.3. The summed E-state index contributed by atoms with van der Waals surface area (Å²) in [5.74, 6) is -0.0812. The zero-order chi connectivity index (χ0) is 19.7. The molecule has 1 aliphatic heterocycles. The molecular formula is C23H29N3O2. The van der Waals surface area contributed by atoms with Gasteiger partial charge in [0, 0.05) is 30.5 Å². The van der Waals surface area contributed by atoms with Gasteiger partial charge < -0.3 is 15.0 Å². The van der Waals surface area contributed by atoms with Gasteiger partial charge in [-0.3, -0.25) is 9.78 Å². The first-order chi connectivity index (χ1) is 13.4.